The van der Waals surface area contributed by atoms with Crippen LogP contribution in [-0.4, -0.2) is 106 Å². The van der Waals surface area contributed by atoms with Crippen LogP contribution in [0.25, 0.3) is 0 Å². The molecule has 2 fully saturated rings. The Morgan fingerprint density at radius 3 is 1.47 bits per heavy atom. The summed E-state index contributed by atoms with van der Waals surface area (Å²) in [5.41, 5.74) is 0. The molecule has 2 rings (SSSR count). The molecule has 2 aliphatic heterocycles. The first-order chi connectivity index (χ1) is 15.6. The summed E-state index contributed by atoms with van der Waals surface area (Å²) < 4.78 is 30.4. The molecule has 2 saturated heterocycles. The van der Waals surface area contributed by atoms with Crippen molar-refractivity contribution >= 4 is 23.9 Å². The van der Waals surface area contributed by atoms with Gasteiger partial charge in [-0.15, -0.1) is 0 Å². The maximum atomic E-state index is 11.4. The molecule has 14 nitrogen and oxygen atoms in total. The van der Waals surface area contributed by atoms with Gasteiger partial charge >= 0.3 is 23.9 Å². The maximum absolute atomic E-state index is 11.4. The molecule has 0 amide bonds. The Balaban J connectivity index is 0.000000437. The van der Waals surface area contributed by atoms with E-state index in [-0.39, 0.29) is 0 Å². The third kappa shape index (κ3) is 8.45. The average Bonchev–Trinajstić information content (AvgIpc) is 2.69. The molecule has 2 unspecified atom stereocenters. The van der Waals surface area contributed by atoms with E-state index in [2.05, 4.69) is 4.74 Å². The second kappa shape index (κ2) is 12.9. The normalized spacial score (nSPS) is 37.4. The molecule has 0 saturated carbocycles. The van der Waals surface area contributed by atoms with Crippen molar-refractivity contribution in [3.63, 3.8) is 0 Å². The van der Waals surface area contributed by atoms with Gasteiger partial charge in [0.2, 0.25) is 12.4 Å². The quantitative estimate of drug-likeness (QED) is 0.243. The van der Waals surface area contributed by atoms with Crippen molar-refractivity contribution in [1.29, 1.82) is 0 Å². The molecule has 0 aliphatic carbocycles. The molecule has 2 aliphatic rings. The van der Waals surface area contributed by atoms with Gasteiger partial charge in [-0.1, -0.05) is 0 Å². The van der Waals surface area contributed by atoms with Crippen LogP contribution in [0.4, 0.5) is 0 Å². The first-order valence-electron chi connectivity index (χ1n) is 10.4. The lowest BCUT2D eigenvalue weighted by atomic mass is 9.99. The molecule has 0 spiro atoms. The van der Waals surface area contributed by atoms with Crippen LogP contribution in [0.3, 0.4) is 0 Å². The molecule has 196 valence electrons. The van der Waals surface area contributed by atoms with Crippen molar-refractivity contribution in [3.8, 4) is 0 Å². The third-order valence-corrected chi connectivity index (χ3v) is 4.74. The minimum Gasteiger partial charge on any atom is -0.456 e. The number of ether oxygens (including phenoxy) is 6. The molecule has 0 bridgehead atoms. The molecule has 14 heteroatoms. The summed E-state index contributed by atoms with van der Waals surface area (Å²) >= 11 is 0. The molecular weight excluding hydrogens is 464 g/mol. The SMILES string of the molecule is CC(=O)OC1O[C@@H](C)[C@H](OC(C)=O)[C@@H](OC(C)=O)[C@H]1OC(C)=O.C[C@@H]1OC(O)[C@H](O)[C@H](O)[C@H]1O. The summed E-state index contributed by atoms with van der Waals surface area (Å²) in [5, 5.41) is 36.0. The van der Waals surface area contributed by atoms with Crippen molar-refractivity contribution in [2.24, 2.45) is 0 Å². The highest BCUT2D eigenvalue weighted by atomic mass is 16.7. The summed E-state index contributed by atoms with van der Waals surface area (Å²) in [6.45, 7) is 7.66. The average molecular weight is 496 g/mol. The summed E-state index contributed by atoms with van der Waals surface area (Å²) in [7, 11) is 0. The van der Waals surface area contributed by atoms with E-state index in [0.717, 1.165) is 20.8 Å². The zero-order chi connectivity index (χ0) is 26.3. The topological polar surface area (TPSA) is 205 Å². The Bertz CT molecular complexity index is 712. The number of esters is 4. The summed E-state index contributed by atoms with van der Waals surface area (Å²) in [5.74, 6) is -2.69. The maximum Gasteiger partial charge on any atom is 0.305 e. The zero-order valence-electron chi connectivity index (χ0n) is 19.6. The standard InChI is InChI=1S/C14H20O9.C6H12O5/c1-6-11(20-7(2)15)12(21-8(3)16)13(22-9(4)17)14(19-6)23-10(5)18;1-2-3(7)4(8)5(9)6(10)11-2/h6,11-14H,1-5H3;2-10H,1H3/t6-,11-,12+,13+,14?;2-,3-,4+,5+,6?/m00/s1. The second-order valence-electron chi connectivity index (χ2n) is 7.74. The lowest BCUT2D eigenvalue weighted by Gasteiger charge is -2.42. The van der Waals surface area contributed by atoms with Crippen molar-refractivity contribution in [2.45, 2.75) is 103 Å². The highest BCUT2D eigenvalue weighted by molar-refractivity contribution is 5.69. The van der Waals surface area contributed by atoms with E-state index >= 15 is 0 Å². The second-order valence-corrected chi connectivity index (χ2v) is 7.74. The fourth-order valence-electron chi connectivity index (χ4n) is 3.26. The van der Waals surface area contributed by atoms with E-state index in [4.69, 9.17) is 44.1 Å². The predicted octanol–water partition coefficient (Wildman–Crippen LogP) is -2.10. The molecule has 10 atom stereocenters. The molecule has 4 N–H and O–H groups in total. The van der Waals surface area contributed by atoms with Crippen molar-refractivity contribution in [2.75, 3.05) is 0 Å². The largest absolute Gasteiger partial charge is 0.456 e. The zero-order valence-corrected chi connectivity index (χ0v) is 19.6. The number of aliphatic hydroxyl groups is 4. The summed E-state index contributed by atoms with van der Waals surface area (Å²) in [4.78, 5) is 45.1. The van der Waals surface area contributed by atoms with Gasteiger partial charge < -0.3 is 48.8 Å². The van der Waals surface area contributed by atoms with Gasteiger partial charge in [0.25, 0.3) is 0 Å². The van der Waals surface area contributed by atoms with Gasteiger partial charge in [0.15, 0.2) is 18.5 Å². The minimum atomic E-state index is -1.43. The Morgan fingerprint density at radius 1 is 0.559 bits per heavy atom. The van der Waals surface area contributed by atoms with E-state index in [1.807, 2.05) is 0 Å². The molecule has 2 heterocycles. The predicted molar refractivity (Wildman–Crippen MR) is 107 cm³/mol. The van der Waals surface area contributed by atoms with Crippen LogP contribution in [0.2, 0.25) is 0 Å². The highest BCUT2D eigenvalue weighted by Crippen LogP contribution is 2.29. The number of rotatable bonds is 4. The number of carbonyl (C=O) groups is 4. The van der Waals surface area contributed by atoms with Crippen molar-refractivity contribution < 1.29 is 68.0 Å². The first kappa shape index (κ1) is 29.7. The number of aliphatic hydroxyl groups excluding tert-OH is 4. The number of hydrogen-bond donors (Lipinski definition) is 4. The van der Waals surface area contributed by atoms with Gasteiger partial charge in [0, 0.05) is 27.7 Å². The van der Waals surface area contributed by atoms with Crippen LogP contribution in [0.5, 0.6) is 0 Å². The van der Waals surface area contributed by atoms with Gasteiger partial charge in [-0.25, -0.2) is 0 Å². The van der Waals surface area contributed by atoms with Crippen LogP contribution in [0.15, 0.2) is 0 Å². The fourth-order valence-corrected chi connectivity index (χ4v) is 3.26. The van der Waals surface area contributed by atoms with Gasteiger partial charge in [-0.05, 0) is 13.8 Å². The van der Waals surface area contributed by atoms with Crippen molar-refractivity contribution in [1.82, 2.24) is 0 Å². The lowest BCUT2D eigenvalue weighted by Crippen LogP contribution is -2.61. The molecule has 0 aromatic heterocycles. The van der Waals surface area contributed by atoms with Crippen LogP contribution in [0, 0.1) is 0 Å². The van der Waals surface area contributed by atoms with Gasteiger partial charge in [-0.3, -0.25) is 19.2 Å². The van der Waals surface area contributed by atoms with E-state index in [1.54, 1.807) is 6.92 Å². The minimum absolute atomic E-state index is 0.630. The monoisotopic (exact) mass is 496 g/mol. The Morgan fingerprint density at radius 2 is 1.00 bits per heavy atom. The summed E-state index contributed by atoms with van der Waals surface area (Å²) in [6, 6.07) is 0. The van der Waals surface area contributed by atoms with Gasteiger partial charge in [0.05, 0.1) is 12.2 Å². The van der Waals surface area contributed by atoms with Crippen LogP contribution in [0.1, 0.15) is 41.5 Å². The highest BCUT2D eigenvalue weighted by Gasteiger charge is 2.51. The lowest BCUT2D eigenvalue weighted by molar-refractivity contribution is -0.292. The first-order valence-corrected chi connectivity index (χ1v) is 10.4. The van der Waals surface area contributed by atoms with Gasteiger partial charge in [0.1, 0.15) is 18.3 Å². The molecule has 0 radical (unpaired) electrons. The van der Waals surface area contributed by atoms with E-state index < -0.39 is 85.3 Å². The van der Waals surface area contributed by atoms with E-state index in [1.165, 1.54) is 13.8 Å². The van der Waals surface area contributed by atoms with Crippen LogP contribution >= 0.6 is 0 Å². The van der Waals surface area contributed by atoms with Gasteiger partial charge in [-0.2, -0.15) is 0 Å². The van der Waals surface area contributed by atoms with Crippen molar-refractivity contribution in [3.05, 3.63) is 0 Å². The Hall–Kier alpha value is -2.36. The molecular formula is C20H32O14. The fraction of sp³-hybridized carbons (Fsp3) is 0.800. The van der Waals surface area contributed by atoms with Crippen LogP contribution < -0.4 is 0 Å². The summed E-state index contributed by atoms with van der Waals surface area (Å²) in [6.07, 6.45) is -11.5. The van der Waals surface area contributed by atoms with E-state index in [0.29, 0.717) is 0 Å². The Labute approximate surface area is 195 Å². The number of hydrogen-bond acceptors (Lipinski definition) is 14. The van der Waals surface area contributed by atoms with Crippen LogP contribution in [-0.2, 0) is 47.6 Å². The Kier molecular flexibility index (Phi) is 11.3. The molecule has 0 aromatic carbocycles. The molecule has 34 heavy (non-hydrogen) atoms. The smallest absolute Gasteiger partial charge is 0.305 e. The third-order valence-electron chi connectivity index (χ3n) is 4.74. The number of carbonyl (C=O) groups excluding carboxylic acids is 4. The molecule has 0 aromatic rings. The van der Waals surface area contributed by atoms with E-state index in [9.17, 15) is 19.2 Å².